The molecule has 1 fully saturated rings. The zero-order chi connectivity index (χ0) is 24.7. The maximum atomic E-state index is 14.0. The Balaban J connectivity index is 1.57. The molecule has 2 aliphatic heterocycles. The van der Waals surface area contributed by atoms with Crippen LogP contribution in [-0.2, 0) is 22.5 Å². The highest BCUT2D eigenvalue weighted by atomic mass is 16.5. The fourth-order valence-electron chi connectivity index (χ4n) is 4.97. The third-order valence-corrected chi connectivity index (χ3v) is 7.00. The number of unbranched alkanes of at least 4 members (excludes halogenated alkanes) is 1. The number of ether oxygens (including phenoxy) is 2. The molecule has 190 valence electrons. The molecule has 8 nitrogen and oxygen atoms in total. The number of para-hydroxylation sites is 1. The Hall–Kier alpha value is -2.87. The van der Waals surface area contributed by atoms with Crippen LogP contribution in [0.4, 0.5) is 0 Å². The summed E-state index contributed by atoms with van der Waals surface area (Å²) >= 11 is 0. The number of carbonyl (C=O) groups excluding carboxylic acids is 2. The maximum Gasteiger partial charge on any atom is 0.257 e. The van der Waals surface area contributed by atoms with Gasteiger partial charge >= 0.3 is 0 Å². The number of amides is 2. The molecule has 0 saturated carbocycles. The predicted molar refractivity (Wildman–Crippen MR) is 133 cm³/mol. The Morgan fingerprint density at radius 3 is 2.80 bits per heavy atom. The average molecular weight is 483 g/mol. The van der Waals surface area contributed by atoms with Gasteiger partial charge in [-0.25, -0.2) is 0 Å². The lowest BCUT2D eigenvalue weighted by Gasteiger charge is -2.44. The largest absolute Gasteiger partial charge is 0.491 e. The monoisotopic (exact) mass is 482 g/mol. The van der Waals surface area contributed by atoms with Crippen LogP contribution >= 0.6 is 0 Å². The lowest BCUT2D eigenvalue weighted by molar-refractivity contribution is -0.170. The van der Waals surface area contributed by atoms with Gasteiger partial charge in [0.1, 0.15) is 12.4 Å². The summed E-state index contributed by atoms with van der Waals surface area (Å²) < 4.78 is 14.2. The Labute approximate surface area is 208 Å². The number of aromatic nitrogens is 2. The van der Waals surface area contributed by atoms with Crippen molar-refractivity contribution < 1.29 is 19.1 Å². The Morgan fingerprint density at radius 1 is 1.14 bits per heavy atom. The average Bonchev–Trinajstić information content (AvgIpc) is 3.37. The van der Waals surface area contributed by atoms with Crippen LogP contribution in [0.25, 0.3) is 0 Å². The van der Waals surface area contributed by atoms with E-state index in [9.17, 15) is 9.59 Å². The maximum absolute atomic E-state index is 14.0. The second kappa shape index (κ2) is 11.7. The van der Waals surface area contributed by atoms with E-state index in [4.69, 9.17) is 9.47 Å². The smallest absolute Gasteiger partial charge is 0.257 e. The molecule has 0 radical (unpaired) electrons. The van der Waals surface area contributed by atoms with Crippen LogP contribution in [0.5, 0.6) is 5.75 Å². The molecule has 1 atom stereocenters. The first kappa shape index (κ1) is 25.2. The van der Waals surface area contributed by atoms with Gasteiger partial charge in [0.15, 0.2) is 5.60 Å². The molecule has 0 bridgehead atoms. The molecule has 8 heteroatoms. The van der Waals surface area contributed by atoms with Crippen molar-refractivity contribution in [2.75, 3.05) is 39.4 Å². The molecule has 1 spiro atoms. The number of carbonyl (C=O) groups is 2. The molecule has 2 amide bonds. The van der Waals surface area contributed by atoms with Crippen molar-refractivity contribution in [3.8, 4) is 5.75 Å². The van der Waals surface area contributed by atoms with Crippen LogP contribution in [0.15, 0.2) is 36.7 Å². The van der Waals surface area contributed by atoms with Crippen LogP contribution in [-0.4, -0.2) is 76.4 Å². The SMILES string of the molecule is CCCCN1CCOc2ccccc2CCCCC2(CN(C(=O)c3cnn(CC)c3)CCO2)C1=O. The van der Waals surface area contributed by atoms with Crippen molar-refractivity contribution in [3.05, 3.63) is 47.8 Å². The molecule has 3 heterocycles. The zero-order valence-corrected chi connectivity index (χ0v) is 21.1. The van der Waals surface area contributed by atoms with Crippen LogP contribution in [0.1, 0.15) is 61.9 Å². The standard InChI is InChI=1S/C27H38N4O4/c1-3-5-14-29-15-17-34-24-12-7-6-10-22(24)11-8-9-13-27(26(29)33)21-30(16-18-35-27)25(32)23-19-28-31(4-2)20-23/h6-7,10,12,19-20H,3-5,8-9,11,13-18,21H2,1-2H3. The minimum atomic E-state index is -1.03. The van der Waals surface area contributed by atoms with Crippen molar-refractivity contribution in [1.82, 2.24) is 19.6 Å². The van der Waals surface area contributed by atoms with Gasteiger partial charge in [-0.15, -0.1) is 0 Å². The summed E-state index contributed by atoms with van der Waals surface area (Å²) in [7, 11) is 0. The first-order chi connectivity index (χ1) is 17.1. The van der Waals surface area contributed by atoms with E-state index in [1.807, 2.05) is 30.0 Å². The van der Waals surface area contributed by atoms with Crippen molar-refractivity contribution >= 4 is 11.8 Å². The van der Waals surface area contributed by atoms with Crippen molar-refractivity contribution in [2.45, 2.75) is 64.5 Å². The van der Waals surface area contributed by atoms with Crippen molar-refractivity contribution in [2.24, 2.45) is 0 Å². The van der Waals surface area contributed by atoms with Gasteiger partial charge in [-0.2, -0.15) is 5.10 Å². The quantitative estimate of drug-likeness (QED) is 0.652. The van der Waals surface area contributed by atoms with Crippen LogP contribution < -0.4 is 4.74 Å². The number of nitrogens with zero attached hydrogens (tertiary/aromatic N) is 4. The molecule has 1 aromatic carbocycles. The van der Waals surface area contributed by atoms with Crippen LogP contribution in [0.2, 0.25) is 0 Å². The van der Waals surface area contributed by atoms with Gasteiger partial charge < -0.3 is 19.3 Å². The fraction of sp³-hybridized carbons (Fsp3) is 0.593. The van der Waals surface area contributed by atoms with E-state index >= 15 is 0 Å². The summed E-state index contributed by atoms with van der Waals surface area (Å²) in [5.74, 6) is 0.790. The molecule has 0 N–H and O–H groups in total. The number of rotatable bonds is 5. The first-order valence-electron chi connectivity index (χ1n) is 13.0. The van der Waals surface area contributed by atoms with E-state index in [1.165, 1.54) is 5.56 Å². The van der Waals surface area contributed by atoms with Gasteiger partial charge in [0.2, 0.25) is 0 Å². The number of aryl methyl sites for hydroxylation is 2. The summed E-state index contributed by atoms with van der Waals surface area (Å²) in [4.78, 5) is 31.0. The molecule has 2 aliphatic rings. The summed E-state index contributed by atoms with van der Waals surface area (Å²) in [5.41, 5.74) is 0.724. The van der Waals surface area contributed by atoms with E-state index in [0.29, 0.717) is 51.4 Å². The Kier molecular flexibility index (Phi) is 8.44. The van der Waals surface area contributed by atoms with Gasteiger partial charge in [-0.05, 0) is 50.7 Å². The van der Waals surface area contributed by atoms with Crippen molar-refractivity contribution in [3.63, 3.8) is 0 Å². The summed E-state index contributed by atoms with van der Waals surface area (Å²) in [5, 5.41) is 4.25. The fourth-order valence-corrected chi connectivity index (χ4v) is 4.97. The summed E-state index contributed by atoms with van der Waals surface area (Å²) in [6.07, 6.45) is 8.52. The van der Waals surface area contributed by atoms with Gasteiger partial charge in [0.25, 0.3) is 11.8 Å². The molecular formula is C27H38N4O4. The van der Waals surface area contributed by atoms with Gasteiger partial charge in [-0.3, -0.25) is 14.3 Å². The van der Waals surface area contributed by atoms with E-state index in [2.05, 4.69) is 18.1 Å². The summed E-state index contributed by atoms with van der Waals surface area (Å²) in [6, 6.07) is 8.16. The third kappa shape index (κ3) is 5.86. The van der Waals surface area contributed by atoms with Gasteiger partial charge in [0.05, 0.1) is 31.5 Å². The minimum absolute atomic E-state index is 0.0230. The first-order valence-corrected chi connectivity index (χ1v) is 13.0. The molecule has 1 saturated heterocycles. The number of hydrogen-bond acceptors (Lipinski definition) is 5. The Morgan fingerprint density at radius 2 is 2.00 bits per heavy atom. The van der Waals surface area contributed by atoms with E-state index < -0.39 is 5.60 Å². The van der Waals surface area contributed by atoms with Crippen LogP contribution in [0.3, 0.4) is 0 Å². The minimum Gasteiger partial charge on any atom is -0.491 e. The van der Waals surface area contributed by atoms with Crippen molar-refractivity contribution in [1.29, 1.82) is 0 Å². The second-order valence-corrected chi connectivity index (χ2v) is 9.46. The third-order valence-electron chi connectivity index (χ3n) is 7.00. The lowest BCUT2D eigenvalue weighted by Crippen LogP contribution is -2.62. The molecule has 35 heavy (non-hydrogen) atoms. The molecule has 4 rings (SSSR count). The molecule has 0 aliphatic carbocycles. The predicted octanol–water partition coefficient (Wildman–Crippen LogP) is 3.55. The molecule has 2 aromatic rings. The highest BCUT2D eigenvalue weighted by molar-refractivity contribution is 5.95. The number of fused-ring (bicyclic) bond motifs is 1. The van der Waals surface area contributed by atoms with Crippen LogP contribution in [0, 0.1) is 0 Å². The zero-order valence-electron chi connectivity index (χ0n) is 21.1. The van der Waals surface area contributed by atoms with Gasteiger partial charge in [-0.1, -0.05) is 31.5 Å². The second-order valence-electron chi connectivity index (χ2n) is 9.46. The number of hydrogen-bond donors (Lipinski definition) is 0. The van der Waals surface area contributed by atoms with E-state index in [1.54, 1.807) is 22.0 Å². The topological polar surface area (TPSA) is 76.9 Å². The molecule has 1 aromatic heterocycles. The highest BCUT2D eigenvalue weighted by Gasteiger charge is 2.46. The molecular weight excluding hydrogens is 444 g/mol. The lowest BCUT2D eigenvalue weighted by atomic mass is 9.90. The normalized spacial score (nSPS) is 21.7. The summed E-state index contributed by atoms with van der Waals surface area (Å²) in [6.45, 7) is 7.48. The van der Waals surface area contributed by atoms with Gasteiger partial charge in [0, 0.05) is 25.8 Å². The van der Waals surface area contributed by atoms with E-state index in [-0.39, 0.29) is 18.4 Å². The highest BCUT2D eigenvalue weighted by Crippen LogP contribution is 2.30. The van der Waals surface area contributed by atoms with E-state index in [0.717, 1.165) is 37.9 Å². The number of morpholine rings is 1. The Bertz CT molecular complexity index is 1010. The number of benzene rings is 1. The molecule has 1 unspecified atom stereocenters.